The van der Waals surface area contributed by atoms with Gasteiger partial charge in [0, 0.05) is 5.39 Å². The van der Waals surface area contributed by atoms with Crippen LogP contribution in [0.5, 0.6) is 11.6 Å². The van der Waals surface area contributed by atoms with E-state index in [1.807, 2.05) is 24.3 Å². The number of carbonyl (C=O) groups excluding carboxylic acids is 2. The predicted molar refractivity (Wildman–Crippen MR) is 134 cm³/mol. The summed E-state index contributed by atoms with van der Waals surface area (Å²) in [6.45, 7) is 10.6. The molecule has 1 N–H and O–H groups in total. The number of amides is 1. The number of carbonyl (C=O) groups is 2. The average Bonchev–Trinajstić information content (AvgIpc) is 3.05. The van der Waals surface area contributed by atoms with E-state index in [1.54, 1.807) is 24.3 Å². The highest BCUT2D eigenvalue weighted by Gasteiger charge is 2.27. The van der Waals surface area contributed by atoms with Gasteiger partial charge in [-0.15, -0.1) is 10.2 Å². The number of hydrogen-bond donors (Lipinski definition) is 1. The highest BCUT2D eigenvalue weighted by atomic mass is 16.5. The van der Waals surface area contributed by atoms with E-state index in [1.165, 1.54) is 17.2 Å². The number of esters is 1. The van der Waals surface area contributed by atoms with Gasteiger partial charge in [0.15, 0.2) is 12.3 Å². The Balaban J connectivity index is 1.69. The number of aromatic nitrogens is 1. The molecule has 0 spiro atoms. The van der Waals surface area contributed by atoms with Gasteiger partial charge in [0.2, 0.25) is 5.88 Å². The lowest BCUT2D eigenvalue weighted by Gasteiger charge is -2.33. The summed E-state index contributed by atoms with van der Waals surface area (Å²) in [7, 11) is 1.27. The second-order valence-corrected chi connectivity index (χ2v) is 10.4. The third-order valence-corrected chi connectivity index (χ3v) is 5.66. The summed E-state index contributed by atoms with van der Waals surface area (Å²) in [6.07, 6.45) is 1.03. The summed E-state index contributed by atoms with van der Waals surface area (Å²) in [5, 5.41) is 18.8. The quantitative estimate of drug-likeness (QED) is 0.319. The van der Waals surface area contributed by atoms with Crippen LogP contribution in [0.25, 0.3) is 10.9 Å². The summed E-state index contributed by atoms with van der Waals surface area (Å²) in [6, 6.07) is 14.7. The SMILES string of the molecule is COC(=O)Cn1c(O)c(N=NC(=O)COc2ccc(C(C)(C)CC(C)(C)C)cc2)c2ccccc21. The molecule has 0 fully saturated rings. The van der Waals surface area contributed by atoms with E-state index in [4.69, 9.17) is 9.47 Å². The zero-order valence-electron chi connectivity index (χ0n) is 21.2. The van der Waals surface area contributed by atoms with Crippen LogP contribution in [0.3, 0.4) is 0 Å². The number of rotatable bonds is 8. The average molecular weight is 480 g/mol. The summed E-state index contributed by atoms with van der Waals surface area (Å²) < 4.78 is 11.6. The van der Waals surface area contributed by atoms with E-state index >= 15 is 0 Å². The van der Waals surface area contributed by atoms with Gasteiger partial charge in [0.25, 0.3) is 0 Å². The molecular weight excluding hydrogens is 446 g/mol. The van der Waals surface area contributed by atoms with Gasteiger partial charge in [-0.05, 0) is 41.0 Å². The minimum atomic E-state index is -0.605. The van der Waals surface area contributed by atoms with E-state index in [0.29, 0.717) is 16.7 Å². The fraction of sp³-hybridized carbons (Fsp3) is 0.407. The number of fused-ring (bicyclic) bond motifs is 1. The number of azo groups is 1. The molecule has 1 amide bonds. The smallest absolute Gasteiger partial charge is 0.325 e. The molecule has 8 heteroatoms. The van der Waals surface area contributed by atoms with Gasteiger partial charge in [0.1, 0.15) is 12.3 Å². The molecule has 35 heavy (non-hydrogen) atoms. The normalized spacial score (nSPS) is 12.3. The Labute approximate surface area is 205 Å². The molecule has 3 aromatic rings. The lowest BCUT2D eigenvalue weighted by atomic mass is 9.72. The van der Waals surface area contributed by atoms with Gasteiger partial charge < -0.3 is 14.6 Å². The molecule has 0 bridgehead atoms. The zero-order chi connectivity index (χ0) is 25.8. The maximum atomic E-state index is 12.3. The maximum absolute atomic E-state index is 12.3. The van der Waals surface area contributed by atoms with Crippen molar-refractivity contribution < 1.29 is 24.2 Å². The largest absolute Gasteiger partial charge is 0.493 e. The minimum Gasteiger partial charge on any atom is -0.493 e. The summed E-state index contributed by atoms with van der Waals surface area (Å²) in [5.74, 6) is -0.850. The van der Waals surface area contributed by atoms with Gasteiger partial charge in [-0.2, -0.15) is 0 Å². The number of aromatic hydroxyl groups is 1. The van der Waals surface area contributed by atoms with Crippen LogP contribution in [0.4, 0.5) is 5.69 Å². The van der Waals surface area contributed by atoms with Crippen LogP contribution in [0.2, 0.25) is 0 Å². The Hall–Kier alpha value is -3.68. The third-order valence-electron chi connectivity index (χ3n) is 5.66. The Morgan fingerprint density at radius 2 is 1.66 bits per heavy atom. The maximum Gasteiger partial charge on any atom is 0.325 e. The number of ether oxygens (including phenoxy) is 2. The first-order valence-corrected chi connectivity index (χ1v) is 11.5. The summed E-state index contributed by atoms with van der Waals surface area (Å²) in [5.41, 5.74) is 2.09. The van der Waals surface area contributed by atoms with Crippen molar-refractivity contribution in [3.05, 3.63) is 54.1 Å². The fourth-order valence-corrected chi connectivity index (χ4v) is 4.43. The van der Waals surface area contributed by atoms with Crippen LogP contribution in [0, 0.1) is 5.41 Å². The highest BCUT2D eigenvalue weighted by molar-refractivity contribution is 5.96. The first-order chi connectivity index (χ1) is 16.4. The van der Waals surface area contributed by atoms with Crippen LogP contribution >= 0.6 is 0 Å². The van der Waals surface area contributed by atoms with Gasteiger partial charge in [-0.3, -0.25) is 14.2 Å². The van der Waals surface area contributed by atoms with Crippen LogP contribution in [0.1, 0.15) is 46.6 Å². The molecule has 0 saturated carbocycles. The molecule has 0 radical (unpaired) electrons. The van der Waals surface area contributed by atoms with Crippen molar-refractivity contribution in [3.8, 4) is 11.6 Å². The second-order valence-electron chi connectivity index (χ2n) is 10.4. The van der Waals surface area contributed by atoms with Gasteiger partial charge in [-0.25, -0.2) is 0 Å². The number of nitrogens with zero attached hydrogens (tertiary/aromatic N) is 3. The van der Waals surface area contributed by atoms with Gasteiger partial charge in [-0.1, -0.05) is 65.0 Å². The van der Waals surface area contributed by atoms with Crippen molar-refractivity contribution in [2.24, 2.45) is 15.6 Å². The number of para-hydroxylation sites is 1. The van der Waals surface area contributed by atoms with Crippen LogP contribution < -0.4 is 4.74 Å². The molecule has 0 aliphatic rings. The lowest BCUT2D eigenvalue weighted by molar-refractivity contribution is -0.141. The third kappa shape index (κ3) is 6.47. The van der Waals surface area contributed by atoms with E-state index in [0.717, 1.165) is 6.42 Å². The zero-order valence-corrected chi connectivity index (χ0v) is 21.2. The predicted octanol–water partition coefficient (Wildman–Crippen LogP) is 5.92. The van der Waals surface area contributed by atoms with Crippen molar-refractivity contribution in [3.63, 3.8) is 0 Å². The van der Waals surface area contributed by atoms with Crippen LogP contribution in [0.15, 0.2) is 58.8 Å². The lowest BCUT2D eigenvalue weighted by Crippen LogP contribution is -2.24. The molecule has 0 aliphatic heterocycles. The summed E-state index contributed by atoms with van der Waals surface area (Å²) >= 11 is 0. The van der Waals surface area contributed by atoms with Crippen molar-refractivity contribution in [1.29, 1.82) is 0 Å². The molecule has 0 aliphatic carbocycles. The van der Waals surface area contributed by atoms with Gasteiger partial charge in [0.05, 0.1) is 12.6 Å². The molecule has 0 unspecified atom stereocenters. The highest BCUT2D eigenvalue weighted by Crippen LogP contribution is 2.39. The molecular formula is C27H33N3O5. The summed E-state index contributed by atoms with van der Waals surface area (Å²) in [4.78, 5) is 24.0. The first kappa shape index (κ1) is 25.9. The Morgan fingerprint density at radius 1 is 1.00 bits per heavy atom. The van der Waals surface area contributed by atoms with Crippen molar-refractivity contribution >= 4 is 28.5 Å². The topological polar surface area (TPSA) is 102 Å². The minimum absolute atomic E-state index is 0.00978. The van der Waals surface area contributed by atoms with Crippen LogP contribution in [-0.2, 0) is 26.3 Å². The molecule has 3 rings (SSSR count). The molecule has 2 aromatic carbocycles. The Bertz CT molecular complexity index is 1230. The molecule has 0 saturated heterocycles. The second kappa shape index (κ2) is 10.3. The Kier molecular flexibility index (Phi) is 7.63. The molecule has 186 valence electrons. The van der Waals surface area contributed by atoms with Crippen molar-refractivity contribution in [2.75, 3.05) is 13.7 Å². The fourth-order valence-electron chi connectivity index (χ4n) is 4.43. The molecule has 8 nitrogen and oxygen atoms in total. The van der Waals surface area contributed by atoms with E-state index in [9.17, 15) is 14.7 Å². The molecule has 1 aromatic heterocycles. The first-order valence-electron chi connectivity index (χ1n) is 11.5. The monoisotopic (exact) mass is 479 g/mol. The van der Waals surface area contributed by atoms with Crippen molar-refractivity contribution in [2.45, 2.75) is 53.0 Å². The number of hydrogen-bond acceptors (Lipinski definition) is 6. The standard InChI is InChI=1S/C27H33N3O5/c1-26(2,3)17-27(4,5)18-11-13-19(14-12-18)35-16-22(31)28-29-24-20-9-7-8-10-21(20)30(25(24)33)15-23(32)34-6/h7-14,33H,15-17H2,1-6H3. The number of methoxy groups -OCH3 is 1. The molecule has 0 atom stereocenters. The Morgan fingerprint density at radius 3 is 2.29 bits per heavy atom. The van der Waals surface area contributed by atoms with E-state index in [-0.39, 0.29) is 35.5 Å². The van der Waals surface area contributed by atoms with E-state index < -0.39 is 11.9 Å². The van der Waals surface area contributed by atoms with E-state index in [2.05, 4.69) is 44.8 Å². The molecule has 1 heterocycles. The van der Waals surface area contributed by atoms with Gasteiger partial charge >= 0.3 is 11.9 Å². The number of benzene rings is 2. The van der Waals surface area contributed by atoms with Crippen molar-refractivity contribution in [1.82, 2.24) is 4.57 Å². The van der Waals surface area contributed by atoms with Crippen LogP contribution in [-0.4, -0.2) is 35.3 Å².